The fraction of sp³-hybridized carbons (Fsp3) is 0.0625. The number of halogens is 4. The highest BCUT2D eigenvalue weighted by molar-refractivity contribution is 6.30. The molecule has 0 atom stereocenters. The zero-order valence-electron chi connectivity index (χ0n) is 11.7. The maximum atomic E-state index is 13.0. The number of benzene rings is 2. The second kappa shape index (κ2) is 5.62. The van der Waals surface area contributed by atoms with Crippen molar-refractivity contribution in [2.75, 3.05) is 5.73 Å². The molecular formula is C16H11ClF3N3. The number of rotatable bonds is 2. The Morgan fingerprint density at radius 3 is 2.13 bits per heavy atom. The number of nitrogens with two attached hydrogens (primary N) is 1. The van der Waals surface area contributed by atoms with Crippen molar-refractivity contribution in [1.82, 2.24) is 9.78 Å². The molecule has 0 amide bonds. The first-order valence-corrected chi connectivity index (χ1v) is 7.01. The molecule has 23 heavy (non-hydrogen) atoms. The van der Waals surface area contributed by atoms with E-state index in [9.17, 15) is 13.2 Å². The second-order valence-corrected chi connectivity index (χ2v) is 5.36. The summed E-state index contributed by atoms with van der Waals surface area (Å²) in [5, 5.41) is 4.20. The van der Waals surface area contributed by atoms with E-state index in [-0.39, 0.29) is 0 Å². The van der Waals surface area contributed by atoms with Crippen LogP contribution in [-0.4, -0.2) is 9.78 Å². The third-order valence-corrected chi connectivity index (χ3v) is 3.53. The van der Waals surface area contributed by atoms with Crippen molar-refractivity contribution >= 4 is 17.3 Å². The summed E-state index contributed by atoms with van der Waals surface area (Å²) in [6.07, 6.45) is -4.53. The molecule has 3 aromatic rings. The van der Waals surface area contributed by atoms with E-state index in [1.807, 2.05) is 0 Å². The zero-order chi connectivity index (χ0) is 16.6. The number of nitrogens with zero attached hydrogens (tertiary/aromatic N) is 2. The molecule has 3 nitrogen and oxygen atoms in total. The van der Waals surface area contributed by atoms with Crippen molar-refractivity contribution < 1.29 is 13.2 Å². The van der Waals surface area contributed by atoms with E-state index >= 15 is 0 Å². The van der Waals surface area contributed by atoms with Gasteiger partial charge in [-0.2, -0.15) is 18.3 Å². The van der Waals surface area contributed by atoms with Crippen LogP contribution in [0.1, 0.15) is 5.69 Å². The van der Waals surface area contributed by atoms with Gasteiger partial charge in [-0.1, -0.05) is 23.7 Å². The van der Waals surface area contributed by atoms with Gasteiger partial charge < -0.3 is 5.73 Å². The van der Waals surface area contributed by atoms with E-state index in [4.69, 9.17) is 17.3 Å². The molecule has 0 aliphatic rings. The van der Waals surface area contributed by atoms with Crippen LogP contribution in [-0.2, 0) is 6.18 Å². The summed E-state index contributed by atoms with van der Waals surface area (Å²) < 4.78 is 40.3. The number of anilines is 1. The molecule has 0 radical (unpaired) electrons. The molecule has 118 valence electrons. The summed E-state index contributed by atoms with van der Waals surface area (Å²) >= 11 is 5.83. The van der Waals surface area contributed by atoms with Gasteiger partial charge in [-0.05, 0) is 42.5 Å². The number of hydrogen-bond donors (Lipinski definition) is 1. The van der Waals surface area contributed by atoms with Gasteiger partial charge in [0.2, 0.25) is 0 Å². The van der Waals surface area contributed by atoms with Gasteiger partial charge in [0.1, 0.15) is 0 Å². The molecule has 1 heterocycles. The van der Waals surface area contributed by atoms with Crippen LogP contribution in [0.3, 0.4) is 0 Å². The third kappa shape index (κ3) is 3.17. The van der Waals surface area contributed by atoms with Crippen LogP contribution >= 0.6 is 11.6 Å². The van der Waals surface area contributed by atoms with E-state index in [0.717, 1.165) is 6.07 Å². The Bertz CT molecular complexity index is 758. The van der Waals surface area contributed by atoms with Gasteiger partial charge in [-0.25, -0.2) is 4.68 Å². The smallest absolute Gasteiger partial charge is 0.399 e. The minimum atomic E-state index is -4.53. The molecule has 2 aromatic carbocycles. The minimum absolute atomic E-state index is 0.318. The Balaban J connectivity index is 2.18. The maximum Gasteiger partial charge on any atom is 0.435 e. The fourth-order valence-electron chi connectivity index (χ4n) is 2.16. The summed E-state index contributed by atoms with van der Waals surface area (Å²) in [7, 11) is 0. The highest BCUT2D eigenvalue weighted by Crippen LogP contribution is 2.33. The van der Waals surface area contributed by atoms with E-state index in [1.54, 1.807) is 48.5 Å². The lowest BCUT2D eigenvalue weighted by Gasteiger charge is -2.08. The van der Waals surface area contributed by atoms with E-state index in [0.29, 0.717) is 27.7 Å². The topological polar surface area (TPSA) is 43.8 Å². The van der Waals surface area contributed by atoms with Crippen LogP contribution in [0.25, 0.3) is 16.9 Å². The Kier molecular flexibility index (Phi) is 3.77. The summed E-state index contributed by atoms with van der Waals surface area (Å²) in [6, 6.07) is 14.0. The number of hydrogen-bond acceptors (Lipinski definition) is 2. The molecular weight excluding hydrogens is 327 g/mol. The van der Waals surface area contributed by atoms with Gasteiger partial charge >= 0.3 is 6.18 Å². The molecule has 1 aromatic heterocycles. The van der Waals surface area contributed by atoms with Crippen LogP contribution in [0.15, 0.2) is 54.6 Å². The van der Waals surface area contributed by atoms with Gasteiger partial charge in [0.15, 0.2) is 5.69 Å². The Hall–Kier alpha value is -2.47. The second-order valence-electron chi connectivity index (χ2n) is 4.92. The normalized spacial score (nSPS) is 11.7. The molecule has 0 aliphatic heterocycles. The van der Waals surface area contributed by atoms with E-state index in [1.165, 1.54) is 4.68 Å². The largest absolute Gasteiger partial charge is 0.435 e. The SMILES string of the molecule is Nc1ccc(-n2nc(C(F)(F)F)cc2-c2ccc(Cl)cc2)cc1. The number of nitrogen functional groups attached to an aromatic ring is 1. The lowest BCUT2D eigenvalue weighted by Crippen LogP contribution is -2.07. The Morgan fingerprint density at radius 1 is 0.957 bits per heavy atom. The van der Waals surface area contributed by atoms with Gasteiger partial charge in [0.25, 0.3) is 0 Å². The Labute approximate surface area is 135 Å². The first-order valence-electron chi connectivity index (χ1n) is 6.64. The van der Waals surface area contributed by atoms with Crippen LogP contribution < -0.4 is 5.73 Å². The van der Waals surface area contributed by atoms with Crippen molar-refractivity contribution in [2.24, 2.45) is 0 Å². The highest BCUT2D eigenvalue weighted by atomic mass is 35.5. The van der Waals surface area contributed by atoms with Gasteiger partial charge in [-0.15, -0.1) is 0 Å². The summed E-state index contributed by atoms with van der Waals surface area (Å²) in [5.41, 5.74) is 6.56. The fourth-order valence-corrected chi connectivity index (χ4v) is 2.28. The summed E-state index contributed by atoms with van der Waals surface area (Å²) in [5.74, 6) is 0. The zero-order valence-corrected chi connectivity index (χ0v) is 12.4. The van der Waals surface area contributed by atoms with Gasteiger partial charge in [0.05, 0.1) is 11.4 Å². The van der Waals surface area contributed by atoms with Gasteiger partial charge in [-0.3, -0.25) is 0 Å². The Morgan fingerprint density at radius 2 is 1.57 bits per heavy atom. The standard InChI is InChI=1S/C16H11ClF3N3/c17-11-3-1-10(2-4-11)14-9-15(16(18,19)20)22-23(14)13-7-5-12(21)6-8-13/h1-9H,21H2. The quantitative estimate of drug-likeness (QED) is 0.683. The summed E-state index contributed by atoms with van der Waals surface area (Å²) in [6.45, 7) is 0. The third-order valence-electron chi connectivity index (χ3n) is 3.28. The lowest BCUT2D eigenvalue weighted by atomic mass is 10.1. The molecule has 0 spiro atoms. The van der Waals surface area contributed by atoms with E-state index in [2.05, 4.69) is 5.10 Å². The highest BCUT2D eigenvalue weighted by Gasteiger charge is 2.35. The monoisotopic (exact) mass is 337 g/mol. The number of aromatic nitrogens is 2. The molecule has 7 heteroatoms. The molecule has 2 N–H and O–H groups in total. The molecule has 0 saturated carbocycles. The average molecular weight is 338 g/mol. The molecule has 0 saturated heterocycles. The predicted molar refractivity (Wildman–Crippen MR) is 83.4 cm³/mol. The minimum Gasteiger partial charge on any atom is -0.399 e. The van der Waals surface area contributed by atoms with Crippen molar-refractivity contribution in [3.05, 3.63) is 65.3 Å². The number of alkyl halides is 3. The molecule has 0 bridgehead atoms. The van der Waals surface area contributed by atoms with Crippen LogP contribution in [0, 0.1) is 0 Å². The van der Waals surface area contributed by atoms with Crippen molar-refractivity contribution in [2.45, 2.75) is 6.18 Å². The molecule has 0 aliphatic carbocycles. The first kappa shape index (κ1) is 15.4. The van der Waals surface area contributed by atoms with E-state index < -0.39 is 11.9 Å². The molecule has 3 rings (SSSR count). The van der Waals surface area contributed by atoms with Crippen molar-refractivity contribution in [3.8, 4) is 16.9 Å². The van der Waals surface area contributed by atoms with Crippen LogP contribution in [0.4, 0.5) is 18.9 Å². The first-order chi connectivity index (χ1) is 10.8. The molecule has 0 fully saturated rings. The van der Waals surface area contributed by atoms with Gasteiger partial charge in [0, 0.05) is 16.3 Å². The van der Waals surface area contributed by atoms with Crippen molar-refractivity contribution in [1.29, 1.82) is 0 Å². The maximum absolute atomic E-state index is 13.0. The van der Waals surface area contributed by atoms with Crippen molar-refractivity contribution in [3.63, 3.8) is 0 Å². The average Bonchev–Trinajstić information content (AvgIpc) is 2.94. The van der Waals surface area contributed by atoms with Crippen LogP contribution in [0.2, 0.25) is 5.02 Å². The lowest BCUT2D eigenvalue weighted by molar-refractivity contribution is -0.141. The predicted octanol–water partition coefficient (Wildman–Crippen LogP) is 4.79. The van der Waals surface area contributed by atoms with Crippen LogP contribution in [0.5, 0.6) is 0 Å². The summed E-state index contributed by atoms with van der Waals surface area (Å²) in [4.78, 5) is 0. The molecule has 0 unspecified atom stereocenters.